The lowest BCUT2D eigenvalue weighted by molar-refractivity contribution is 1.29. The number of aromatic amines is 1. The molecule has 102 valence electrons. The Kier molecular flexibility index (Phi) is 3.35. The minimum Gasteiger partial charge on any atom is -0.383 e. The van der Waals surface area contributed by atoms with Gasteiger partial charge in [-0.1, -0.05) is 23.7 Å². The summed E-state index contributed by atoms with van der Waals surface area (Å²) in [5.41, 5.74) is 9.46. The fraction of sp³-hybridized carbons (Fsp3) is 0. The molecule has 21 heavy (non-hydrogen) atoms. The predicted molar refractivity (Wildman–Crippen MR) is 83.6 cm³/mol. The van der Waals surface area contributed by atoms with E-state index in [1.807, 2.05) is 30.3 Å². The molecule has 0 atom stereocenters. The van der Waals surface area contributed by atoms with Crippen LogP contribution < -0.4 is 5.73 Å². The molecule has 0 aliphatic heterocycles. The molecule has 0 amide bonds. The first-order valence-electron chi connectivity index (χ1n) is 6.29. The van der Waals surface area contributed by atoms with Crippen LogP contribution in [0.1, 0.15) is 5.56 Å². The Morgan fingerprint density at radius 1 is 1.19 bits per heavy atom. The van der Waals surface area contributed by atoms with E-state index in [9.17, 15) is 5.26 Å². The number of pyridine rings is 1. The molecule has 0 saturated carbocycles. The number of benzene rings is 1. The van der Waals surface area contributed by atoms with E-state index < -0.39 is 0 Å². The van der Waals surface area contributed by atoms with Crippen LogP contribution in [0.15, 0.2) is 48.7 Å². The van der Waals surface area contributed by atoms with Crippen LogP contribution in [0.25, 0.3) is 22.5 Å². The molecule has 0 aliphatic rings. The van der Waals surface area contributed by atoms with Crippen molar-refractivity contribution in [1.82, 2.24) is 9.97 Å². The summed E-state index contributed by atoms with van der Waals surface area (Å²) in [6.45, 7) is 0. The number of rotatable bonds is 2. The van der Waals surface area contributed by atoms with Gasteiger partial charge in [0.2, 0.25) is 0 Å². The number of H-pyrrole nitrogens is 1. The Balaban J connectivity index is 2.21. The minimum absolute atomic E-state index is 0.217. The zero-order chi connectivity index (χ0) is 14.8. The second-order valence-electron chi connectivity index (χ2n) is 4.52. The Morgan fingerprint density at radius 3 is 2.57 bits per heavy atom. The molecule has 0 spiro atoms. The number of nitriles is 1. The third kappa shape index (κ3) is 2.47. The Morgan fingerprint density at radius 2 is 1.95 bits per heavy atom. The van der Waals surface area contributed by atoms with E-state index >= 15 is 0 Å². The molecule has 2 aromatic heterocycles. The van der Waals surface area contributed by atoms with Crippen LogP contribution >= 0.6 is 11.6 Å². The molecule has 3 rings (SSSR count). The lowest BCUT2D eigenvalue weighted by Gasteiger charge is -2.09. The topological polar surface area (TPSA) is 78.5 Å². The first-order valence-corrected chi connectivity index (χ1v) is 6.67. The van der Waals surface area contributed by atoms with Crippen LogP contribution in [-0.2, 0) is 0 Å². The van der Waals surface area contributed by atoms with Gasteiger partial charge in [0.1, 0.15) is 17.5 Å². The maximum Gasteiger partial charge on any atom is 0.142 e. The van der Waals surface area contributed by atoms with Crippen molar-refractivity contribution in [3.63, 3.8) is 0 Å². The van der Waals surface area contributed by atoms with Crippen molar-refractivity contribution < 1.29 is 0 Å². The van der Waals surface area contributed by atoms with E-state index in [-0.39, 0.29) is 5.82 Å². The molecular formula is C16H11ClN4. The van der Waals surface area contributed by atoms with Crippen LogP contribution in [0, 0.1) is 11.3 Å². The summed E-state index contributed by atoms with van der Waals surface area (Å²) in [6, 6.07) is 15.0. The minimum atomic E-state index is 0.217. The Hall–Kier alpha value is -2.77. The normalized spacial score (nSPS) is 10.3. The average molecular weight is 295 g/mol. The lowest BCUT2D eigenvalue weighted by Crippen LogP contribution is -1.99. The SMILES string of the molecule is N#Cc1c(-c2ccc[nH]2)cc(-c2ccc(Cl)cc2)nc1N. The van der Waals surface area contributed by atoms with Crippen LogP contribution in [0.3, 0.4) is 0 Å². The molecule has 2 heterocycles. The first kappa shape index (κ1) is 13.2. The maximum atomic E-state index is 9.29. The number of nitrogens with one attached hydrogen (secondary N) is 1. The first-order chi connectivity index (χ1) is 10.2. The molecule has 0 fully saturated rings. The number of hydrogen-bond donors (Lipinski definition) is 2. The summed E-state index contributed by atoms with van der Waals surface area (Å²) in [5, 5.41) is 9.95. The van der Waals surface area contributed by atoms with E-state index in [2.05, 4.69) is 16.0 Å². The van der Waals surface area contributed by atoms with Gasteiger partial charge in [0.05, 0.1) is 5.69 Å². The standard InChI is InChI=1S/C16H11ClN4/c17-11-5-3-10(4-6-11)15-8-12(14-2-1-7-20-14)13(9-18)16(19)21-15/h1-8,20H,(H2,19,21). The van der Waals surface area contributed by atoms with Gasteiger partial charge in [-0.05, 0) is 30.3 Å². The van der Waals surface area contributed by atoms with E-state index in [1.54, 1.807) is 18.3 Å². The molecule has 4 nitrogen and oxygen atoms in total. The summed E-state index contributed by atoms with van der Waals surface area (Å²) in [7, 11) is 0. The highest BCUT2D eigenvalue weighted by atomic mass is 35.5. The highest BCUT2D eigenvalue weighted by molar-refractivity contribution is 6.30. The molecule has 3 N–H and O–H groups in total. The van der Waals surface area contributed by atoms with Gasteiger partial charge in [0, 0.05) is 28.0 Å². The molecule has 5 heteroatoms. The van der Waals surface area contributed by atoms with Gasteiger partial charge in [-0.15, -0.1) is 0 Å². The van der Waals surface area contributed by atoms with Gasteiger partial charge in [0.25, 0.3) is 0 Å². The number of aromatic nitrogens is 2. The zero-order valence-corrected chi connectivity index (χ0v) is 11.7. The number of nitrogen functional groups attached to an aromatic ring is 1. The quantitative estimate of drug-likeness (QED) is 0.753. The summed E-state index contributed by atoms with van der Waals surface area (Å²) in [6.07, 6.45) is 1.80. The van der Waals surface area contributed by atoms with E-state index in [0.29, 0.717) is 16.3 Å². The maximum absolute atomic E-state index is 9.29. The number of halogens is 1. The van der Waals surface area contributed by atoms with Crippen molar-refractivity contribution in [3.05, 3.63) is 59.2 Å². The van der Waals surface area contributed by atoms with Crippen molar-refractivity contribution in [2.24, 2.45) is 0 Å². The smallest absolute Gasteiger partial charge is 0.142 e. The fourth-order valence-electron chi connectivity index (χ4n) is 2.16. The van der Waals surface area contributed by atoms with Crippen LogP contribution in [0.5, 0.6) is 0 Å². The highest BCUT2D eigenvalue weighted by Gasteiger charge is 2.13. The predicted octanol–water partition coefficient (Wildman–Crippen LogP) is 3.85. The van der Waals surface area contributed by atoms with Gasteiger partial charge < -0.3 is 10.7 Å². The third-order valence-electron chi connectivity index (χ3n) is 3.19. The number of anilines is 1. The summed E-state index contributed by atoms with van der Waals surface area (Å²) in [4.78, 5) is 7.40. The van der Waals surface area contributed by atoms with Gasteiger partial charge in [-0.3, -0.25) is 0 Å². The van der Waals surface area contributed by atoms with Crippen LogP contribution in [0.4, 0.5) is 5.82 Å². The number of nitrogens with zero attached hydrogens (tertiary/aromatic N) is 2. The van der Waals surface area contributed by atoms with E-state index in [1.165, 1.54) is 0 Å². The van der Waals surface area contributed by atoms with Crippen molar-refractivity contribution >= 4 is 17.4 Å². The molecule has 0 radical (unpaired) electrons. The van der Waals surface area contributed by atoms with Crippen molar-refractivity contribution in [2.75, 3.05) is 5.73 Å². The van der Waals surface area contributed by atoms with Crippen LogP contribution in [-0.4, -0.2) is 9.97 Å². The molecular weight excluding hydrogens is 284 g/mol. The zero-order valence-electron chi connectivity index (χ0n) is 11.0. The Labute approximate surface area is 126 Å². The van der Waals surface area contributed by atoms with Crippen molar-refractivity contribution in [3.8, 4) is 28.6 Å². The Bertz CT molecular complexity index is 815. The van der Waals surface area contributed by atoms with E-state index in [4.69, 9.17) is 17.3 Å². The molecule has 0 unspecified atom stereocenters. The van der Waals surface area contributed by atoms with Crippen LogP contribution in [0.2, 0.25) is 5.02 Å². The highest BCUT2D eigenvalue weighted by Crippen LogP contribution is 2.30. The van der Waals surface area contributed by atoms with Crippen molar-refractivity contribution in [1.29, 1.82) is 5.26 Å². The molecule has 1 aromatic carbocycles. The summed E-state index contributed by atoms with van der Waals surface area (Å²) >= 11 is 5.90. The number of nitrogens with two attached hydrogens (primary N) is 1. The molecule has 0 aliphatic carbocycles. The molecule has 0 bridgehead atoms. The van der Waals surface area contributed by atoms with Gasteiger partial charge in [-0.25, -0.2) is 4.98 Å². The number of hydrogen-bond acceptors (Lipinski definition) is 3. The fourth-order valence-corrected chi connectivity index (χ4v) is 2.29. The van der Waals surface area contributed by atoms with Crippen molar-refractivity contribution in [2.45, 2.75) is 0 Å². The average Bonchev–Trinajstić information content (AvgIpc) is 3.01. The largest absolute Gasteiger partial charge is 0.383 e. The van der Waals surface area contributed by atoms with E-state index in [0.717, 1.165) is 16.8 Å². The molecule has 0 saturated heterocycles. The summed E-state index contributed by atoms with van der Waals surface area (Å²) in [5.74, 6) is 0.217. The summed E-state index contributed by atoms with van der Waals surface area (Å²) < 4.78 is 0. The second-order valence-corrected chi connectivity index (χ2v) is 4.95. The monoisotopic (exact) mass is 294 g/mol. The third-order valence-corrected chi connectivity index (χ3v) is 3.44. The van der Waals surface area contributed by atoms with Gasteiger partial charge in [-0.2, -0.15) is 5.26 Å². The second kappa shape index (κ2) is 5.31. The van der Waals surface area contributed by atoms with Gasteiger partial charge in [0.15, 0.2) is 0 Å². The van der Waals surface area contributed by atoms with Gasteiger partial charge >= 0.3 is 0 Å². The molecule has 3 aromatic rings. The lowest BCUT2D eigenvalue weighted by atomic mass is 10.0.